The standard InChI is InChI=1S/C27H27F2N5O6/c1-4-38-24(35)14-39-22-13-34-19(11-30-23(34)9-18(22)16-10-31-33(2)12-16)15-7-20(37-3)25(21(8-15)40-27(28)29)26(36)32-17-5-6-17/h7-13,17,27H,4-6,14H2,1-3H3,(H,32,36). The molecule has 1 fully saturated rings. The van der Waals surface area contributed by atoms with Crippen LogP contribution in [0.15, 0.2) is 43.0 Å². The number of nitrogens with zero attached hydrogens (tertiary/aromatic N) is 4. The summed E-state index contributed by atoms with van der Waals surface area (Å²) >= 11 is 0. The van der Waals surface area contributed by atoms with Gasteiger partial charge in [-0.2, -0.15) is 13.9 Å². The van der Waals surface area contributed by atoms with E-state index in [2.05, 4.69) is 15.4 Å². The fourth-order valence-electron chi connectivity index (χ4n) is 4.26. The second kappa shape index (κ2) is 11.2. The van der Waals surface area contributed by atoms with Crippen LogP contribution in [0.3, 0.4) is 0 Å². The smallest absolute Gasteiger partial charge is 0.387 e. The molecule has 210 valence electrons. The largest absolute Gasteiger partial charge is 0.496 e. The molecular formula is C27H27F2N5O6. The van der Waals surface area contributed by atoms with E-state index in [1.54, 1.807) is 60.0 Å². The number of aromatic nitrogens is 4. The Morgan fingerprint density at radius 3 is 2.52 bits per heavy atom. The van der Waals surface area contributed by atoms with Gasteiger partial charge in [-0.1, -0.05) is 0 Å². The molecular weight excluding hydrogens is 528 g/mol. The van der Waals surface area contributed by atoms with Crippen LogP contribution in [0.4, 0.5) is 8.78 Å². The number of halogens is 2. The highest BCUT2D eigenvalue weighted by atomic mass is 19.3. The first-order valence-corrected chi connectivity index (χ1v) is 12.5. The number of ether oxygens (including phenoxy) is 4. The van der Waals surface area contributed by atoms with Crippen LogP contribution in [0.2, 0.25) is 0 Å². The van der Waals surface area contributed by atoms with Crippen molar-refractivity contribution in [1.82, 2.24) is 24.5 Å². The summed E-state index contributed by atoms with van der Waals surface area (Å²) in [5.41, 5.74) is 2.61. The van der Waals surface area contributed by atoms with E-state index in [9.17, 15) is 18.4 Å². The number of methoxy groups -OCH3 is 1. The number of alkyl halides is 2. The molecule has 3 heterocycles. The Kier molecular flexibility index (Phi) is 7.54. The summed E-state index contributed by atoms with van der Waals surface area (Å²) in [7, 11) is 3.12. The van der Waals surface area contributed by atoms with Gasteiger partial charge in [0.15, 0.2) is 6.61 Å². The lowest BCUT2D eigenvalue weighted by molar-refractivity contribution is -0.145. The van der Waals surface area contributed by atoms with Crippen molar-refractivity contribution < 1.29 is 37.3 Å². The Morgan fingerprint density at radius 2 is 1.88 bits per heavy atom. The van der Waals surface area contributed by atoms with E-state index >= 15 is 0 Å². The van der Waals surface area contributed by atoms with Crippen molar-refractivity contribution in [2.24, 2.45) is 7.05 Å². The van der Waals surface area contributed by atoms with Crippen molar-refractivity contribution in [3.05, 3.63) is 48.5 Å². The third kappa shape index (κ3) is 5.67. The molecule has 1 aromatic carbocycles. The van der Waals surface area contributed by atoms with Crippen LogP contribution in [-0.2, 0) is 16.6 Å². The van der Waals surface area contributed by atoms with Gasteiger partial charge < -0.3 is 24.3 Å². The van der Waals surface area contributed by atoms with Crippen molar-refractivity contribution in [2.75, 3.05) is 20.3 Å². The number of aryl methyl sites for hydroxylation is 1. The average molecular weight is 556 g/mol. The number of amides is 1. The van der Waals surface area contributed by atoms with Crippen LogP contribution >= 0.6 is 0 Å². The van der Waals surface area contributed by atoms with Gasteiger partial charge in [0.05, 0.1) is 38.0 Å². The number of carbonyl (C=O) groups excluding carboxylic acids is 2. The van der Waals surface area contributed by atoms with E-state index in [4.69, 9.17) is 18.9 Å². The van der Waals surface area contributed by atoms with Crippen molar-refractivity contribution >= 4 is 17.5 Å². The zero-order valence-corrected chi connectivity index (χ0v) is 22.0. The van der Waals surface area contributed by atoms with Crippen LogP contribution in [0.25, 0.3) is 28.0 Å². The SMILES string of the molecule is CCOC(=O)COc1cn2c(-c3cc(OC)c(C(=O)NC4CC4)c(OC(F)F)c3)cnc2cc1-c1cnn(C)c1. The van der Waals surface area contributed by atoms with Gasteiger partial charge in [0.1, 0.15) is 28.5 Å². The fraction of sp³-hybridized carbons (Fsp3) is 0.333. The van der Waals surface area contributed by atoms with Crippen molar-refractivity contribution in [3.63, 3.8) is 0 Å². The molecule has 0 aliphatic heterocycles. The molecule has 1 amide bonds. The summed E-state index contributed by atoms with van der Waals surface area (Å²) in [6.45, 7) is -1.59. The average Bonchev–Trinajstić information content (AvgIpc) is 3.46. The Hall–Kier alpha value is -4.68. The maximum Gasteiger partial charge on any atom is 0.387 e. The molecule has 0 saturated heterocycles. The second-order valence-corrected chi connectivity index (χ2v) is 9.10. The number of fused-ring (bicyclic) bond motifs is 1. The third-order valence-corrected chi connectivity index (χ3v) is 6.21. The lowest BCUT2D eigenvalue weighted by atomic mass is 10.1. The highest BCUT2D eigenvalue weighted by Crippen LogP contribution is 2.38. The lowest BCUT2D eigenvalue weighted by Gasteiger charge is -2.17. The first-order chi connectivity index (χ1) is 19.3. The topological polar surface area (TPSA) is 118 Å². The monoisotopic (exact) mass is 555 g/mol. The van der Waals surface area contributed by atoms with E-state index < -0.39 is 18.5 Å². The summed E-state index contributed by atoms with van der Waals surface area (Å²) in [5.74, 6) is -1.03. The molecule has 1 aliphatic rings. The van der Waals surface area contributed by atoms with Gasteiger partial charge in [-0.25, -0.2) is 9.78 Å². The summed E-state index contributed by atoms with van der Waals surface area (Å²) in [6, 6.07) is 4.65. The number of carbonyl (C=O) groups is 2. The number of hydrogen-bond donors (Lipinski definition) is 1. The number of pyridine rings is 1. The van der Waals surface area contributed by atoms with E-state index in [1.165, 1.54) is 13.2 Å². The van der Waals surface area contributed by atoms with Crippen molar-refractivity contribution in [2.45, 2.75) is 32.4 Å². The van der Waals surface area contributed by atoms with E-state index in [0.717, 1.165) is 18.4 Å². The maximum atomic E-state index is 13.4. The Morgan fingerprint density at radius 1 is 1.10 bits per heavy atom. The number of esters is 1. The van der Waals surface area contributed by atoms with Crippen LogP contribution in [-0.4, -0.2) is 64.0 Å². The van der Waals surface area contributed by atoms with Gasteiger partial charge in [0, 0.05) is 36.0 Å². The van der Waals surface area contributed by atoms with Crippen molar-refractivity contribution in [1.29, 1.82) is 0 Å². The highest BCUT2D eigenvalue weighted by Gasteiger charge is 2.29. The van der Waals surface area contributed by atoms with Crippen LogP contribution in [0.5, 0.6) is 17.2 Å². The third-order valence-electron chi connectivity index (χ3n) is 6.21. The summed E-state index contributed by atoms with van der Waals surface area (Å²) < 4.78 is 51.1. The predicted octanol–water partition coefficient (Wildman–Crippen LogP) is 3.85. The Balaban J connectivity index is 1.61. The lowest BCUT2D eigenvalue weighted by Crippen LogP contribution is -2.26. The normalized spacial score (nSPS) is 12.9. The highest BCUT2D eigenvalue weighted by molar-refractivity contribution is 6.01. The van der Waals surface area contributed by atoms with Crippen LogP contribution < -0.4 is 19.5 Å². The molecule has 0 unspecified atom stereocenters. The Labute approximate surface area is 227 Å². The summed E-state index contributed by atoms with van der Waals surface area (Å²) in [6.07, 6.45) is 8.25. The van der Waals surface area contributed by atoms with Crippen LogP contribution in [0.1, 0.15) is 30.1 Å². The minimum atomic E-state index is -3.17. The molecule has 1 aliphatic carbocycles. The van der Waals surface area contributed by atoms with Gasteiger partial charge in [-0.15, -0.1) is 0 Å². The first-order valence-electron chi connectivity index (χ1n) is 12.5. The number of imidazole rings is 1. The second-order valence-electron chi connectivity index (χ2n) is 9.10. The molecule has 11 nitrogen and oxygen atoms in total. The van der Waals surface area contributed by atoms with Gasteiger partial charge in [0.2, 0.25) is 0 Å². The molecule has 0 spiro atoms. The molecule has 40 heavy (non-hydrogen) atoms. The van der Waals surface area contributed by atoms with Gasteiger partial charge >= 0.3 is 12.6 Å². The number of hydrogen-bond acceptors (Lipinski definition) is 8. The molecule has 0 atom stereocenters. The zero-order valence-electron chi connectivity index (χ0n) is 22.0. The minimum Gasteiger partial charge on any atom is -0.496 e. The Bertz CT molecular complexity index is 1560. The fourth-order valence-corrected chi connectivity index (χ4v) is 4.26. The van der Waals surface area contributed by atoms with E-state index in [0.29, 0.717) is 28.2 Å². The molecule has 4 aromatic rings. The minimum absolute atomic E-state index is 0.00269. The summed E-state index contributed by atoms with van der Waals surface area (Å²) in [4.78, 5) is 29.4. The van der Waals surface area contributed by atoms with Crippen LogP contribution in [0, 0.1) is 0 Å². The molecule has 13 heteroatoms. The molecule has 1 saturated carbocycles. The molecule has 0 bridgehead atoms. The molecule has 1 N–H and O–H groups in total. The van der Waals surface area contributed by atoms with Gasteiger partial charge in [-0.05, 0) is 38.0 Å². The number of rotatable bonds is 11. The van der Waals surface area contributed by atoms with E-state index in [-0.39, 0.29) is 36.3 Å². The van der Waals surface area contributed by atoms with Gasteiger partial charge in [0.25, 0.3) is 5.91 Å². The molecule has 5 rings (SSSR count). The van der Waals surface area contributed by atoms with Crippen molar-refractivity contribution in [3.8, 4) is 39.6 Å². The quantitative estimate of drug-likeness (QED) is 0.278. The number of benzene rings is 1. The first kappa shape index (κ1) is 26.9. The number of nitrogens with one attached hydrogen (secondary N) is 1. The summed E-state index contributed by atoms with van der Waals surface area (Å²) in [5, 5.41) is 6.99. The van der Waals surface area contributed by atoms with E-state index in [1.807, 2.05) is 0 Å². The maximum absolute atomic E-state index is 13.4. The molecule has 0 radical (unpaired) electrons. The predicted molar refractivity (Wildman–Crippen MR) is 139 cm³/mol. The molecule has 3 aromatic heterocycles. The van der Waals surface area contributed by atoms with Gasteiger partial charge in [-0.3, -0.25) is 13.9 Å². The zero-order chi connectivity index (χ0) is 28.4.